The number of rotatable bonds is 0. The standard InChI is InChI=1S/C2H4O2.CCl4.CHCl3/c1-2(3)4;2-1(3,4)5;2-1(3)4/h1H3,(H,3,4);;1H. The summed E-state index contributed by atoms with van der Waals surface area (Å²) in [6, 6.07) is 0. The third-order valence-electron chi connectivity index (χ3n) is 0. The number of aliphatic carboxylic acids is 1. The number of halogens is 7. The van der Waals surface area contributed by atoms with Crippen LogP contribution in [0.15, 0.2) is 0 Å². The van der Waals surface area contributed by atoms with Gasteiger partial charge >= 0.3 is 0 Å². The molecule has 82 valence electrons. The van der Waals surface area contributed by atoms with Crippen molar-refractivity contribution in [1.29, 1.82) is 0 Å². The maximum Gasteiger partial charge on any atom is 0.300 e. The highest BCUT2D eigenvalue weighted by atomic mass is 35.6. The molecule has 0 fully saturated rings. The second-order valence-corrected chi connectivity index (χ2v) is 6.60. The number of carbonyl (C=O) groups is 1. The van der Waals surface area contributed by atoms with E-state index in [1.54, 1.807) is 0 Å². The molecule has 0 amide bonds. The van der Waals surface area contributed by atoms with E-state index in [-0.39, 0.29) is 0 Å². The molecular weight excluding hydrogens is 328 g/mol. The van der Waals surface area contributed by atoms with E-state index in [1.165, 1.54) is 0 Å². The smallest absolute Gasteiger partial charge is 0.300 e. The van der Waals surface area contributed by atoms with Crippen LogP contribution in [0.3, 0.4) is 0 Å². The highest BCUT2D eigenvalue weighted by Crippen LogP contribution is 2.29. The van der Waals surface area contributed by atoms with Crippen molar-refractivity contribution in [2.24, 2.45) is 0 Å². The van der Waals surface area contributed by atoms with Gasteiger partial charge in [0.1, 0.15) is 0 Å². The average molecular weight is 333 g/mol. The molecule has 0 saturated carbocycles. The number of alkyl halides is 7. The predicted molar refractivity (Wildman–Crippen MR) is 60.8 cm³/mol. The van der Waals surface area contributed by atoms with Gasteiger partial charge in [0.15, 0.2) is 4.30 Å². The maximum atomic E-state index is 9.00. The minimum atomic E-state index is -1.61. The van der Waals surface area contributed by atoms with Crippen molar-refractivity contribution >= 4 is 87.2 Å². The first-order valence-corrected chi connectivity index (χ1v) is 5.16. The highest BCUT2D eigenvalue weighted by molar-refractivity contribution is 6.83. The Hall–Kier alpha value is 1.50. The van der Waals surface area contributed by atoms with Gasteiger partial charge in [-0.05, 0) is 0 Å². The third-order valence-corrected chi connectivity index (χ3v) is 0. The van der Waals surface area contributed by atoms with Crippen LogP contribution < -0.4 is 0 Å². The van der Waals surface area contributed by atoms with E-state index in [0.717, 1.165) is 6.92 Å². The zero-order chi connectivity index (χ0) is 11.7. The summed E-state index contributed by atoms with van der Waals surface area (Å²) < 4.78 is -2.36. The van der Waals surface area contributed by atoms with Crippen LogP contribution >= 0.6 is 81.2 Å². The van der Waals surface area contributed by atoms with Crippen LogP contribution in [0.1, 0.15) is 6.92 Å². The van der Waals surface area contributed by atoms with E-state index in [1.807, 2.05) is 0 Å². The normalized spacial score (nSPS) is 9.31. The molecule has 0 aliphatic carbocycles. The molecule has 0 aromatic carbocycles. The molecule has 13 heavy (non-hydrogen) atoms. The molecule has 0 aliphatic rings. The summed E-state index contributed by atoms with van der Waals surface area (Å²) in [4.78, 5) is 9.00. The zero-order valence-electron chi connectivity index (χ0n) is 6.08. The fourth-order valence-corrected chi connectivity index (χ4v) is 0. The first kappa shape index (κ1) is 20.0. The largest absolute Gasteiger partial charge is 0.481 e. The van der Waals surface area contributed by atoms with Crippen LogP contribution in [0.4, 0.5) is 0 Å². The third kappa shape index (κ3) is 794. The summed E-state index contributed by atoms with van der Waals surface area (Å²) in [5, 5.41) is 7.42. The number of hydrogen-bond acceptors (Lipinski definition) is 1. The van der Waals surface area contributed by atoms with Gasteiger partial charge in [-0.2, -0.15) is 0 Å². The van der Waals surface area contributed by atoms with Gasteiger partial charge < -0.3 is 5.11 Å². The minimum Gasteiger partial charge on any atom is -0.481 e. The molecule has 0 bridgehead atoms. The van der Waals surface area contributed by atoms with Crippen LogP contribution in [0.25, 0.3) is 0 Å². The summed E-state index contributed by atoms with van der Waals surface area (Å²) in [6.07, 6.45) is 0. The fourth-order valence-electron chi connectivity index (χ4n) is 0. The van der Waals surface area contributed by atoms with E-state index in [9.17, 15) is 0 Å². The molecule has 0 radical (unpaired) electrons. The molecule has 0 atom stereocenters. The molecule has 9 heteroatoms. The average Bonchev–Trinajstić information content (AvgIpc) is 1.50. The van der Waals surface area contributed by atoms with Crippen molar-refractivity contribution in [1.82, 2.24) is 0 Å². The lowest BCUT2D eigenvalue weighted by Crippen LogP contribution is -1.81. The lowest BCUT2D eigenvalue weighted by Gasteiger charge is -1.91. The molecule has 2 nitrogen and oxygen atoms in total. The monoisotopic (exact) mass is 330 g/mol. The van der Waals surface area contributed by atoms with E-state index in [2.05, 4.69) is 0 Å². The van der Waals surface area contributed by atoms with E-state index in [0.29, 0.717) is 0 Å². The Kier molecular flexibility index (Phi) is 17.8. The second kappa shape index (κ2) is 11.6. The second-order valence-electron chi connectivity index (χ2n) is 1.20. The van der Waals surface area contributed by atoms with Crippen molar-refractivity contribution in [2.75, 3.05) is 0 Å². The van der Waals surface area contributed by atoms with Gasteiger partial charge in [-0.3, -0.25) is 4.79 Å². The SMILES string of the molecule is CC(=O)O.ClC(Cl)(Cl)Cl.ClC(Cl)Cl. The molecule has 0 aromatic heterocycles. The Morgan fingerprint density at radius 3 is 1.15 bits per heavy atom. The number of hydrogen-bond donors (Lipinski definition) is 1. The lowest BCUT2D eigenvalue weighted by atomic mass is 10.9. The molecule has 0 aliphatic heterocycles. The zero-order valence-corrected chi connectivity index (χ0v) is 11.4. The number of carboxylic acids is 1. The van der Waals surface area contributed by atoms with Crippen molar-refractivity contribution in [3.05, 3.63) is 0 Å². The molecular formula is C4H5Cl7O2. The first-order valence-electron chi connectivity index (χ1n) is 2.34. The number of carboxylic acid groups (broad SMARTS) is 1. The summed E-state index contributed by atoms with van der Waals surface area (Å²) in [5.74, 6) is -0.833. The van der Waals surface area contributed by atoms with Crippen LogP contribution in [0.5, 0.6) is 0 Å². The van der Waals surface area contributed by atoms with E-state index in [4.69, 9.17) is 91.1 Å². The van der Waals surface area contributed by atoms with Gasteiger partial charge in [-0.25, -0.2) is 0 Å². The fraction of sp³-hybridized carbons (Fsp3) is 0.750. The van der Waals surface area contributed by atoms with Gasteiger partial charge in [-0.15, -0.1) is 0 Å². The van der Waals surface area contributed by atoms with E-state index >= 15 is 0 Å². The Bertz CT molecular complexity index is 107. The van der Waals surface area contributed by atoms with Crippen LogP contribution in [-0.2, 0) is 4.79 Å². The van der Waals surface area contributed by atoms with Crippen LogP contribution in [0.2, 0.25) is 0 Å². The minimum absolute atomic E-state index is 0.750. The van der Waals surface area contributed by atoms with Crippen molar-refractivity contribution in [3.8, 4) is 0 Å². The topological polar surface area (TPSA) is 37.3 Å². The molecule has 0 aromatic rings. The quantitative estimate of drug-likeness (QED) is 0.656. The van der Waals surface area contributed by atoms with Gasteiger partial charge in [0.2, 0.25) is 0 Å². The first-order chi connectivity index (χ1) is 5.46. The Morgan fingerprint density at radius 1 is 1.15 bits per heavy atom. The molecule has 0 rings (SSSR count). The Balaban J connectivity index is -0.000000117. The van der Waals surface area contributed by atoms with Gasteiger partial charge in [0, 0.05) is 6.92 Å². The summed E-state index contributed by atoms with van der Waals surface area (Å²) in [5.41, 5.74) is 0. The van der Waals surface area contributed by atoms with Crippen molar-refractivity contribution in [3.63, 3.8) is 0 Å². The van der Waals surface area contributed by atoms with Crippen molar-refractivity contribution in [2.45, 2.75) is 14.5 Å². The van der Waals surface area contributed by atoms with E-state index < -0.39 is 13.5 Å². The molecule has 1 N–H and O–H groups in total. The van der Waals surface area contributed by atoms with Crippen LogP contribution in [-0.4, -0.2) is 18.6 Å². The lowest BCUT2D eigenvalue weighted by molar-refractivity contribution is -0.134. The molecule has 0 saturated heterocycles. The summed E-state index contributed by atoms with van der Waals surface area (Å²) >= 11 is 33.7. The predicted octanol–water partition coefficient (Wildman–Crippen LogP) is 4.63. The Labute approximate surface area is 111 Å². The van der Waals surface area contributed by atoms with Gasteiger partial charge in [-0.1, -0.05) is 81.2 Å². The molecule has 0 unspecified atom stereocenters. The summed E-state index contributed by atoms with van der Waals surface area (Å²) in [6.45, 7) is 1.08. The highest BCUT2D eigenvalue weighted by Gasteiger charge is 2.11. The van der Waals surface area contributed by atoms with Crippen molar-refractivity contribution < 1.29 is 9.90 Å². The van der Waals surface area contributed by atoms with Crippen LogP contribution in [0, 0.1) is 0 Å². The Morgan fingerprint density at radius 2 is 1.15 bits per heavy atom. The van der Waals surface area contributed by atoms with Gasteiger partial charge in [0.25, 0.3) is 9.22 Å². The molecule has 0 heterocycles. The van der Waals surface area contributed by atoms with Gasteiger partial charge in [0.05, 0.1) is 0 Å². The summed E-state index contributed by atoms with van der Waals surface area (Å²) in [7, 11) is 0. The molecule has 0 spiro atoms. The maximum absolute atomic E-state index is 9.00.